The number of carbonyl (C=O) groups is 1. The fourth-order valence-corrected chi connectivity index (χ4v) is 2.73. The molecular weight excluding hydrogens is 267 g/mol. The monoisotopic (exact) mass is 284 g/mol. The van der Waals surface area contributed by atoms with Crippen molar-refractivity contribution in [2.45, 2.75) is 12.8 Å². The molecule has 2 rings (SSSR count). The molecule has 5 heteroatoms. The largest absolute Gasteiger partial charge is 0.338 e. The standard InChI is InChI=1S/C14H18ClFN2O/c1-17-9-10-5-7-18(8-6-10)14(19)13-11(15)3-2-4-12(13)16/h2-4,10,17H,5-9H2,1H3. The zero-order valence-corrected chi connectivity index (χ0v) is 11.7. The number of carbonyl (C=O) groups excluding carboxylic acids is 1. The third-order valence-corrected chi connectivity index (χ3v) is 3.89. The van der Waals surface area contributed by atoms with Gasteiger partial charge >= 0.3 is 0 Å². The van der Waals surface area contributed by atoms with E-state index >= 15 is 0 Å². The van der Waals surface area contributed by atoms with Gasteiger partial charge in [0.25, 0.3) is 5.91 Å². The summed E-state index contributed by atoms with van der Waals surface area (Å²) < 4.78 is 13.7. The minimum Gasteiger partial charge on any atom is -0.338 e. The second-order valence-corrected chi connectivity index (χ2v) is 5.30. The Hall–Kier alpha value is -1.13. The van der Waals surface area contributed by atoms with Crippen LogP contribution in [-0.2, 0) is 0 Å². The highest BCUT2D eigenvalue weighted by molar-refractivity contribution is 6.33. The highest BCUT2D eigenvalue weighted by Crippen LogP contribution is 2.24. The van der Waals surface area contributed by atoms with Crippen molar-refractivity contribution in [3.8, 4) is 0 Å². The first-order valence-electron chi connectivity index (χ1n) is 6.51. The van der Waals surface area contributed by atoms with Crippen LogP contribution in [0.1, 0.15) is 23.2 Å². The Kier molecular flexibility index (Phi) is 4.77. The number of nitrogens with zero attached hydrogens (tertiary/aromatic N) is 1. The molecule has 3 nitrogen and oxygen atoms in total. The number of benzene rings is 1. The van der Waals surface area contributed by atoms with E-state index in [4.69, 9.17) is 11.6 Å². The lowest BCUT2D eigenvalue weighted by molar-refractivity contribution is 0.0686. The Morgan fingerprint density at radius 3 is 2.74 bits per heavy atom. The summed E-state index contributed by atoms with van der Waals surface area (Å²) >= 11 is 5.92. The summed E-state index contributed by atoms with van der Waals surface area (Å²) in [5.74, 6) is -0.258. The molecule has 0 unspecified atom stereocenters. The fraction of sp³-hybridized carbons (Fsp3) is 0.500. The zero-order valence-electron chi connectivity index (χ0n) is 11.0. The Balaban J connectivity index is 2.05. The van der Waals surface area contributed by atoms with Crippen LogP contribution in [0.3, 0.4) is 0 Å². The minimum atomic E-state index is -0.546. The molecule has 1 aromatic rings. The van der Waals surface area contributed by atoms with Crippen LogP contribution in [0.25, 0.3) is 0 Å². The molecule has 1 saturated heterocycles. The van der Waals surface area contributed by atoms with Gasteiger partial charge < -0.3 is 10.2 Å². The van der Waals surface area contributed by atoms with Crippen molar-refractivity contribution in [3.05, 3.63) is 34.6 Å². The van der Waals surface area contributed by atoms with Crippen molar-refractivity contribution in [1.82, 2.24) is 10.2 Å². The molecule has 1 aromatic carbocycles. The van der Waals surface area contributed by atoms with Crippen molar-refractivity contribution in [2.75, 3.05) is 26.7 Å². The molecule has 0 saturated carbocycles. The number of hydrogen-bond donors (Lipinski definition) is 1. The van der Waals surface area contributed by atoms with Gasteiger partial charge in [0, 0.05) is 13.1 Å². The molecule has 1 heterocycles. The first-order chi connectivity index (χ1) is 9.13. The van der Waals surface area contributed by atoms with Crippen LogP contribution in [0.4, 0.5) is 4.39 Å². The Labute approximate surface area is 117 Å². The first kappa shape index (κ1) is 14.3. The SMILES string of the molecule is CNCC1CCN(C(=O)c2c(F)cccc2Cl)CC1. The lowest BCUT2D eigenvalue weighted by Crippen LogP contribution is -2.40. The molecule has 1 aliphatic rings. The van der Waals surface area contributed by atoms with Gasteiger partial charge in [-0.2, -0.15) is 0 Å². The summed E-state index contributed by atoms with van der Waals surface area (Å²) in [7, 11) is 1.93. The van der Waals surface area contributed by atoms with Gasteiger partial charge in [0.2, 0.25) is 0 Å². The van der Waals surface area contributed by atoms with Crippen molar-refractivity contribution in [1.29, 1.82) is 0 Å². The van der Waals surface area contributed by atoms with Gasteiger partial charge in [-0.1, -0.05) is 17.7 Å². The summed E-state index contributed by atoms with van der Waals surface area (Å²) in [6.45, 7) is 2.29. The third-order valence-electron chi connectivity index (χ3n) is 3.57. The molecule has 1 N–H and O–H groups in total. The van der Waals surface area contributed by atoms with Crippen LogP contribution in [0.5, 0.6) is 0 Å². The number of rotatable bonds is 3. The molecule has 0 aliphatic carbocycles. The molecular formula is C14H18ClFN2O. The van der Waals surface area contributed by atoms with E-state index in [1.165, 1.54) is 12.1 Å². The quantitative estimate of drug-likeness (QED) is 0.925. The molecule has 0 aromatic heterocycles. The van der Waals surface area contributed by atoms with E-state index in [2.05, 4.69) is 5.32 Å². The normalized spacial score (nSPS) is 16.7. The smallest absolute Gasteiger partial charge is 0.258 e. The van der Waals surface area contributed by atoms with Crippen LogP contribution in [0, 0.1) is 11.7 Å². The number of nitrogens with one attached hydrogen (secondary N) is 1. The van der Waals surface area contributed by atoms with Crippen molar-refractivity contribution in [2.24, 2.45) is 5.92 Å². The molecule has 0 atom stereocenters. The lowest BCUT2D eigenvalue weighted by atomic mass is 9.96. The molecule has 104 valence electrons. The first-order valence-corrected chi connectivity index (χ1v) is 6.89. The highest BCUT2D eigenvalue weighted by Gasteiger charge is 2.26. The summed E-state index contributed by atoms with van der Waals surface area (Å²) in [5.41, 5.74) is -0.00349. The van der Waals surface area contributed by atoms with E-state index in [-0.39, 0.29) is 16.5 Å². The van der Waals surface area contributed by atoms with E-state index < -0.39 is 5.82 Å². The van der Waals surface area contributed by atoms with Gasteiger partial charge in [-0.15, -0.1) is 0 Å². The summed E-state index contributed by atoms with van der Waals surface area (Å²) in [5, 5.41) is 3.33. The van der Waals surface area contributed by atoms with Gasteiger partial charge in [-0.3, -0.25) is 4.79 Å². The average molecular weight is 285 g/mol. The van der Waals surface area contributed by atoms with Crippen LogP contribution in [0.15, 0.2) is 18.2 Å². The molecule has 0 radical (unpaired) electrons. The number of halogens is 2. The van der Waals surface area contributed by atoms with Crippen LogP contribution in [-0.4, -0.2) is 37.5 Å². The van der Waals surface area contributed by atoms with Gasteiger partial charge in [-0.25, -0.2) is 4.39 Å². The number of hydrogen-bond acceptors (Lipinski definition) is 2. The van der Waals surface area contributed by atoms with Gasteiger partial charge in [0.1, 0.15) is 5.82 Å². The number of piperidine rings is 1. The van der Waals surface area contributed by atoms with Crippen LogP contribution >= 0.6 is 11.6 Å². The predicted molar refractivity (Wildman–Crippen MR) is 74.0 cm³/mol. The molecule has 0 bridgehead atoms. The Morgan fingerprint density at radius 1 is 1.47 bits per heavy atom. The summed E-state index contributed by atoms with van der Waals surface area (Å²) in [6, 6.07) is 4.33. The van der Waals surface area contributed by atoms with E-state index in [9.17, 15) is 9.18 Å². The molecule has 1 fully saturated rings. The molecule has 1 amide bonds. The average Bonchev–Trinajstić information content (AvgIpc) is 2.39. The molecule has 0 spiro atoms. The Bertz CT molecular complexity index is 439. The number of amides is 1. The Morgan fingerprint density at radius 2 is 2.16 bits per heavy atom. The molecule has 19 heavy (non-hydrogen) atoms. The zero-order chi connectivity index (χ0) is 13.8. The second-order valence-electron chi connectivity index (χ2n) is 4.89. The van der Waals surface area contributed by atoms with Crippen molar-refractivity contribution in [3.63, 3.8) is 0 Å². The van der Waals surface area contributed by atoms with Crippen molar-refractivity contribution >= 4 is 17.5 Å². The van der Waals surface area contributed by atoms with Crippen LogP contribution < -0.4 is 5.32 Å². The maximum atomic E-state index is 13.7. The highest BCUT2D eigenvalue weighted by atomic mass is 35.5. The third kappa shape index (κ3) is 3.25. The van der Waals surface area contributed by atoms with Gasteiger partial charge in [0.05, 0.1) is 10.6 Å². The summed E-state index contributed by atoms with van der Waals surface area (Å²) in [4.78, 5) is 14.0. The van der Waals surface area contributed by atoms with Crippen molar-refractivity contribution < 1.29 is 9.18 Å². The fourth-order valence-electron chi connectivity index (χ4n) is 2.49. The van der Waals surface area contributed by atoms with Gasteiger partial charge in [-0.05, 0) is 44.5 Å². The maximum Gasteiger partial charge on any atom is 0.258 e. The predicted octanol–water partition coefficient (Wildman–Crippen LogP) is 2.55. The second kappa shape index (κ2) is 6.35. The molecule has 1 aliphatic heterocycles. The van der Waals surface area contributed by atoms with E-state index in [1.54, 1.807) is 11.0 Å². The van der Waals surface area contributed by atoms with E-state index in [0.29, 0.717) is 19.0 Å². The minimum absolute atomic E-state index is 0.00349. The lowest BCUT2D eigenvalue weighted by Gasteiger charge is -2.32. The number of likely N-dealkylation sites (tertiary alicyclic amines) is 1. The van der Waals surface area contributed by atoms with E-state index in [1.807, 2.05) is 7.05 Å². The van der Waals surface area contributed by atoms with Crippen LogP contribution in [0.2, 0.25) is 5.02 Å². The summed E-state index contributed by atoms with van der Waals surface area (Å²) in [6.07, 6.45) is 1.89. The van der Waals surface area contributed by atoms with E-state index in [0.717, 1.165) is 19.4 Å². The van der Waals surface area contributed by atoms with Gasteiger partial charge in [0.15, 0.2) is 0 Å². The topological polar surface area (TPSA) is 32.3 Å². The maximum absolute atomic E-state index is 13.7.